The first-order valence-electron chi connectivity index (χ1n) is 5.11. The Bertz CT molecular complexity index is 101. The van der Waals surface area contributed by atoms with Gasteiger partial charge >= 0.3 is 0 Å². The first-order valence-corrected chi connectivity index (χ1v) is 5.11. The predicted octanol–water partition coefficient (Wildman–Crippen LogP) is 1.38. The summed E-state index contributed by atoms with van der Waals surface area (Å²) in [6.07, 6.45) is 0. The zero-order chi connectivity index (χ0) is 10.1. The second kappa shape index (κ2) is 8.48. The van der Waals surface area contributed by atoms with Crippen molar-refractivity contribution in [3.63, 3.8) is 0 Å². The Morgan fingerprint density at radius 1 is 1.00 bits per heavy atom. The number of hydrogen-bond acceptors (Lipinski definition) is 3. The van der Waals surface area contributed by atoms with Gasteiger partial charge in [-0.2, -0.15) is 0 Å². The summed E-state index contributed by atoms with van der Waals surface area (Å²) in [5, 5.41) is 0. The van der Waals surface area contributed by atoms with Crippen LogP contribution in [0.1, 0.15) is 20.8 Å². The Labute approximate surface area is 82.0 Å². The quantitative estimate of drug-likeness (QED) is 0.576. The van der Waals surface area contributed by atoms with Gasteiger partial charge in [0, 0.05) is 13.2 Å². The monoisotopic (exact) mass is 189 g/mol. The third-order valence-corrected chi connectivity index (χ3v) is 2.15. The Hall–Kier alpha value is -0.120. The van der Waals surface area contributed by atoms with Crippen molar-refractivity contribution in [1.29, 1.82) is 0 Å². The van der Waals surface area contributed by atoms with E-state index in [4.69, 9.17) is 9.47 Å². The Morgan fingerprint density at radius 3 is 1.77 bits per heavy atom. The predicted molar refractivity (Wildman–Crippen MR) is 55.1 cm³/mol. The largest absolute Gasteiger partial charge is 0.380 e. The minimum Gasteiger partial charge on any atom is -0.380 e. The molecule has 0 N–H and O–H groups in total. The van der Waals surface area contributed by atoms with E-state index in [1.165, 1.54) is 0 Å². The van der Waals surface area contributed by atoms with Crippen molar-refractivity contribution in [2.24, 2.45) is 0 Å². The van der Waals surface area contributed by atoms with Crippen molar-refractivity contribution in [2.75, 3.05) is 40.0 Å². The van der Waals surface area contributed by atoms with Gasteiger partial charge in [-0.1, -0.05) is 6.92 Å². The fourth-order valence-corrected chi connectivity index (χ4v) is 1.07. The lowest BCUT2D eigenvalue weighted by atomic mass is 10.3. The first-order chi connectivity index (χ1) is 6.26. The van der Waals surface area contributed by atoms with Crippen molar-refractivity contribution < 1.29 is 9.47 Å². The van der Waals surface area contributed by atoms with Gasteiger partial charge in [0.25, 0.3) is 0 Å². The molecule has 0 spiro atoms. The maximum absolute atomic E-state index is 5.39. The van der Waals surface area contributed by atoms with Crippen LogP contribution in [0.5, 0.6) is 0 Å². The minimum absolute atomic E-state index is 0.393. The van der Waals surface area contributed by atoms with Crippen molar-refractivity contribution in [3.8, 4) is 0 Å². The van der Waals surface area contributed by atoms with Gasteiger partial charge in [0.2, 0.25) is 0 Å². The van der Waals surface area contributed by atoms with Crippen LogP contribution in [0.4, 0.5) is 0 Å². The van der Waals surface area contributed by atoms with Crippen LogP contribution >= 0.6 is 0 Å². The lowest BCUT2D eigenvalue weighted by molar-refractivity contribution is 0.0223. The van der Waals surface area contributed by atoms with Crippen molar-refractivity contribution in [1.82, 2.24) is 4.90 Å². The van der Waals surface area contributed by atoms with E-state index in [0.29, 0.717) is 6.04 Å². The fourth-order valence-electron chi connectivity index (χ4n) is 1.07. The van der Waals surface area contributed by atoms with Crippen LogP contribution in [-0.4, -0.2) is 51.0 Å². The molecule has 0 rings (SSSR count). The van der Waals surface area contributed by atoms with Crippen LogP contribution in [-0.2, 0) is 9.47 Å². The van der Waals surface area contributed by atoms with Crippen LogP contribution in [0.15, 0.2) is 0 Å². The molecule has 0 aromatic heterocycles. The lowest BCUT2D eigenvalue weighted by Crippen LogP contribution is -2.39. The molecular weight excluding hydrogens is 166 g/mol. The zero-order valence-electron chi connectivity index (χ0n) is 9.38. The molecule has 0 radical (unpaired) electrons. The molecule has 0 aliphatic heterocycles. The van der Waals surface area contributed by atoms with Gasteiger partial charge in [0.1, 0.15) is 0 Å². The van der Waals surface area contributed by atoms with E-state index in [1.54, 1.807) is 0 Å². The number of nitrogens with zero attached hydrogens (tertiary/aromatic N) is 1. The topological polar surface area (TPSA) is 21.7 Å². The summed E-state index contributed by atoms with van der Waals surface area (Å²) in [5.74, 6) is 0. The molecule has 0 saturated carbocycles. The highest BCUT2D eigenvalue weighted by Gasteiger charge is 2.12. The Kier molecular flexibility index (Phi) is 8.40. The van der Waals surface area contributed by atoms with E-state index in [0.717, 1.165) is 33.0 Å². The van der Waals surface area contributed by atoms with E-state index in [-0.39, 0.29) is 0 Å². The molecule has 0 fully saturated rings. The summed E-state index contributed by atoms with van der Waals surface area (Å²) in [4.78, 5) is 2.26. The van der Waals surface area contributed by atoms with Gasteiger partial charge in [0.05, 0.1) is 19.3 Å². The molecule has 0 bridgehead atoms. The van der Waals surface area contributed by atoms with E-state index < -0.39 is 0 Å². The molecule has 13 heavy (non-hydrogen) atoms. The summed E-state index contributed by atoms with van der Waals surface area (Å²) in [7, 11) is 2.10. The van der Waals surface area contributed by atoms with Gasteiger partial charge in [-0.25, -0.2) is 0 Å². The van der Waals surface area contributed by atoms with Crippen molar-refractivity contribution in [3.05, 3.63) is 0 Å². The van der Waals surface area contributed by atoms with E-state index in [9.17, 15) is 0 Å². The standard InChI is InChI=1S/C10H23NO2/c1-5-11(4)10(8-12-6-2)9-13-7-3/h10H,5-9H2,1-4H3. The molecule has 0 saturated heterocycles. The third kappa shape index (κ3) is 6.02. The van der Waals surface area contributed by atoms with Crippen LogP contribution in [0.25, 0.3) is 0 Å². The van der Waals surface area contributed by atoms with Crippen molar-refractivity contribution >= 4 is 0 Å². The first kappa shape index (κ1) is 12.9. The van der Waals surface area contributed by atoms with Gasteiger partial charge in [-0.05, 0) is 27.4 Å². The van der Waals surface area contributed by atoms with Crippen molar-refractivity contribution in [2.45, 2.75) is 26.8 Å². The molecule has 0 unspecified atom stereocenters. The average molecular weight is 189 g/mol. The third-order valence-electron chi connectivity index (χ3n) is 2.15. The Balaban J connectivity index is 3.72. The summed E-state index contributed by atoms with van der Waals surface area (Å²) in [6, 6.07) is 0.393. The molecule has 0 aliphatic rings. The molecule has 3 heteroatoms. The molecule has 3 nitrogen and oxygen atoms in total. The average Bonchev–Trinajstić information content (AvgIpc) is 2.17. The smallest absolute Gasteiger partial charge is 0.0644 e. The van der Waals surface area contributed by atoms with Gasteiger partial charge in [-0.3, -0.25) is 4.90 Å². The molecule has 0 amide bonds. The maximum Gasteiger partial charge on any atom is 0.0644 e. The summed E-state index contributed by atoms with van der Waals surface area (Å²) >= 11 is 0. The zero-order valence-corrected chi connectivity index (χ0v) is 9.38. The SMILES string of the molecule is CCOCC(COCC)N(C)CC. The molecule has 0 aromatic rings. The summed E-state index contributed by atoms with van der Waals surface area (Å²) in [6.45, 7) is 10.3. The highest BCUT2D eigenvalue weighted by Crippen LogP contribution is 1.98. The fraction of sp³-hybridized carbons (Fsp3) is 1.00. The molecule has 80 valence electrons. The van der Waals surface area contributed by atoms with E-state index >= 15 is 0 Å². The lowest BCUT2D eigenvalue weighted by Gasteiger charge is -2.26. The maximum atomic E-state index is 5.39. The molecule has 0 heterocycles. The van der Waals surface area contributed by atoms with E-state index in [1.807, 2.05) is 13.8 Å². The highest BCUT2D eigenvalue weighted by molar-refractivity contribution is 4.66. The number of ether oxygens (including phenoxy) is 2. The van der Waals surface area contributed by atoms with Gasteiger partial charge in [0.15, 0.2) is 0 Å². The molecule has 0 aromatic carbocycles. The summed E-state index contributed by atoms with van der Waals surface area (Å²) in [5.41, 5.74) is 0. The second-order valence-corrected chi connectivity index (χ2v) is 3.05. The minimum atomic E-state index is 0.393. The van der Waals surface area contributed by atoms with Gasteiger partial charge < -0.3 is 9.47 Å². The van der Waals surface area contributed by atoms with Crippen LogP contribution in [0.3, 0.4) is 0 Å². The second-order valence-electron chi connectivity index (χ2n) is 3.05. The molecule has 0 aliphatic carbocycles. The van der Waals surface area contributed by atoms with Crippen LogP contribution in [0, 0.1) is 0 Å². The normalized spacial score (nSPS) is 11.5. The number of likely N-dealkylation sites (N-methyl/N-ethyl adjacent to an activating group) is 1. The highest BCUT2D eigenvalue weighted by atomic mass is 16.5. The Morgan fingerprint density at radius 2 is 1.46 bits per heavy atom. The van der Waals surface area contributed by atoms with Crippen LogP contribution in [0.2, 0.25) is 0 Å². The summed E-state index contributed by atoms with van der Waals surface area (Å²) < 4.78 is 10.8. The molecule has 0 atom stereocenters. The van der Waals surface area contributed by atoms with Gasteiger partial charge in [-0.15, -0.1) is 0 Å². The number of hydrogen-bond donors (Lipinski definition) is 0. The number of rotatable bonds is 8. The van der Waals surface area contributed by atoms with E-state index in [2.05, 4.69) is 18.9 Å². The van der Waals surface area contributed by atoms with Crippen LogP contribution < -0.4 is 0 Å². The molecular formula is C10H23NO2.